The largest absolute Gasteiger partial charge is 0.503 e. The van der Waals surface area contributed by atoms with Gasteiger partial charge in [-0.25, -0.2) is 5.43 Å². The average molecular weight is 486 g/mol. The third kappa shape index (κ3) is 3.78. The van der Waals surface area contributed by atoms with Crippen LogP contribution in [0.15, 0.2) is 44.4 Å². The number of amides is 1. The van der Waals surface area contributed by atoms with Gasteiger partial charge in [-0.1, -0.05) is 12.1 Å². The number of phenols is 1. The van der Waals surface area contributed by atoms with Crippen LogP contribution in [0.5, 0.6) is 23.0 Å². The molecule has 1 aliphatic rings. The molecule has 9 heteroatoms. The predicted molar refractivity (Wildman–Crippen MR) is 102 cm³/mol. The summed E-state index contributed by atoms with van der Waals surface area (Å²) < 4.78 is 17.2. The number of para-hydroxylation sites is 2. The maximum Gasteiger partial charge on any atom is 0.284 e. The van der Waals surface area contributed by atoms with E-state index in [9.17, 15) is 9.90 Å². The summed E-state index contributed by atoms with van der Waals surface area (Å²) in [5.41, 5.74) is 3.01. The molecule has 26 heavy (non-hydrogen) atoms. The molecule has 1 atom stereocenters. The van der Waals surface area contributed by atoms with E-state index in [4.69, 9.17) is 14.2 Å². The molecular formula is C17H14Br2N2O5. The number of carbonyl (C=O) groups is 1. The normalized spacial score (nSPS) is 15.7. The number of aromatic hydroxyl groups is 1. The number of carbonyl (C=O) groups excluding carboxylic acids is 1. The molecule has 0 fully saturated rings. The zero-order chi connectivity index (χ0) is 18.7. The van der Waals surface area contributed by atoms with Gasteiger partial charge in [0.05, 0.1) is 17.8 Å². The van der Waals surface area contributed by atoms with Crippen molar-refractivity contribution in [2.45, 2.75) is 6.10 Å². The number of nitrogens with zero attached hydrogens (tertiary/aromatic N) is 1. The van der Waals surface area contributed by atoms with E-state index < -0.39 is 12.0 Å². The van der Waals surface area contributed by atoms with Gasteiger partial charge in [0, 0.05) is 10.0 Å². The van der Waals surface area contributed by atoms with Crippen molar-refractivity contribution in [3.63, 3.8) is 0 Å². The molecule has 0 spiro atoms. The molecule has 1 aliphatic heterocycles. The van der Waals surface area contributed by atoms with Gasteiger partial charge in [0.15, 0.2) is 23.0 Å². The molecule has 0 saturated carbocycles. The standard InChI is InChI=1S/C17H14Br2N2O5/c1-24-12-6-9(14(18)15(19)16(12)22)7-20-21-17(23)13-8-25-10-4-2-3-5-11(10)26-13/h2-7,13,22H,8H2,1H3,(H,21,23)/b20-7+/t13-/m1/s1. The van der Waals surface area contributed by atoms with Crippen LogP contribution in [-0.2, 0) is 4.79 Å². The highest BCUT2D eigenvalue weighted by atomic mass is 79.9. The Hall–Kier alpha value is -2.26. The number of benzene rings is 2. The third-order valence-electron chi connectivity index (χ3n) is 3.57. The molecule has 1 heterocycles. The third-order valence-corrected chi connectivity index (χ3v) is 5.73. The molecule has 0 aliphatic carbocycles. The first-order valence-electron chi connectivity index (χ1n) is 7.47. The zero-order valence-electron chi connectivity index (χ0n) is 13.5. The van der Waals surface area contributed by atoms with Crippen LogP contribution in [0.25, 0.3) is 0 Å². The number of fused-ring (bicyclic) bond motifs is 1. The molecule has 7 nitrogen and oxygen atoms in total. The highest BCUT2D eigenvalue weighted by Gasteiger charge is 2.27. The molecule has 0 aromatic heterocycles. The van der Waals surface area contributed by atoms with E-state index in [1.54, 1.807) is 24.3 Å². The molecule has 0 unspecified atom stereocenters. The lowest BCUT2D eigenvalue weighted by Gasteiger charge is -2.24. The van der Waals surface area contributed by atoms with Gasteiger partial charge in [0.1, 0.15) is 6.61 Å². The van der Waals surface area contributed by atoms with Crippen molar-refractivity contribution < 1.29 is 24.1 Å². The van der Waals surface area contributed by atoms with E-state index in [1.807, 2.05) is 6.07 Å². The van der Waals surface area contributed by atoms with Gasteiger partial charge in [-0.3, -0.25) is 4.79 Å². The summed E-state index contributed by atoms with van der Waals surface area (Å²) in [6, 6.07) is 8.71. The summed E-state index contributed by atoms with van der Waals surface area (Å²) in [4.78, 5) is 12.2. The van der Waals surface area contributed by atoms with Gasteiger partial charge in [-0.2, -0.15) is 5.10 Å². The number of methoxy groups -OCH3 is 1. The molecule has 0 saturated heterocycles. The number of hydrazone groups is 1. The van der Waals surface area contributed by atoms with Crippen molar-refractivity contribution in [1.82, 2.24) is 5.43 Å². The Labute approximate surface area is 166 Å². The van der Waals surface area contributed by atoms with Crippen molar-refractivity contribution in [3.8, 4) is 23.0 Å². The summed E-state index contributed by atoms with van der Waals surface area (Å²) >= 11 is 6.60. The second kappa shape index (κ2) is 7.96. The van der Waals surface area contributed by atoms with Gasteiger partial charge in [-0.05, 0) is 50.1 Å². The summed E-state index contributed by atoms with van der Waals surface area (Å²) in [5, 5.41) is 13.9. The van der Waals surface area contributed by atoms with Crippen LogP contribution in [0.3, 0.4) is 0 Å². The van der Waals surface area contributed by atoms with Gasteiger partial charge in [-0.15, -0.1) is 0 Å². The molecule has 2 aromatic carbocycles. The van der Waals surface area contributed by atoms with Crippen LogP contribution in [0.2, 0.25) is 0 Å². The van der Waals surface area contributed by atoms with Crippen LogP contribution in [0, 0.1) is 0 Å². The minimum Gasteiger partial charge on any atom is -0.503 e. The number of halogens is 2. The first kappa shape index (κ1) is 18.5. The van der Waals surface area contributed by atoms with Gasteiger partial charge >= 0.3 is 0 Å². The maximum atomic E-state index is 12.2. The molecule has 136 valence electrons. The lowest BCUT2D eigenvalue weighted by Crippen LogP contribution is -2.42. The molecular weight excluding hydrogens is 472 g/mol. The number of hydrogen-bond acceptors (Lipinski definition) is 6. The SMILES string of the molecule is COc1cc(/C=N/NC(=O)[C@H]2COc3ccccc3O2)c(Br)c(Br)c1O. The van der Waals surface area contributed by atoms with Crippen LogP contribution in [0.1, 0.15) is 5.56 Å². The average Bonchev–Trinajstić information content (AvgIpc) is 2.67. The Morgan fingerprint density at radius 3 is 2.81 bits per heavy atom. The Morgan fingerprint density at radius 1 is 1.35 bits per heavy atom. The van der Waals surface area contributed by atoms with Crippen molar-refractivity contribution in [1.29, 1.82) is 0 Å². The Morgan fingerprint density at radius 2 is 2.08 bits per heavy atom. The maximum absolute atomic E-state index is 12.2. The number of hydrogen-bond donors (Lipinski definition) is 2. The van der Waals surface area contributed by atoms with Crippen molar-refractivity contribution in [3.05, 3.63) is 44.8 Å². The van der Waals surface area contributed by atoms with E-state index in [0.29, 0.717) is 26.0 Å². The van der Waals surface area contributed by atoms with Crippen LogP contribution < -0.4 is 19.6 Å². The minimum atomic E-state index is -0.799. The van der Waals surface area contributed by atoms with Crippen LogP contribution in [-0.4, -0.2) is 37.0 Å². The quantitative estimate of drug-likeness (QED) is 0.512. The Kier molecular flexibility index (Phi) is 5.67. The lowest BCUT2D eigenvalue weighted by atomic mass is 10.2. The molecule has 2 aromatic rings. The van der Waals surface area contributed by atoms with Gasteiger partial charge in [0.25, 0.3) is 5.91 Å². The topological polar surface area (TPSA) is 89.4 Å². The van der Waals surface area contributed by atoms with E-state index in [-0.39, 0.29) is 18.1 Å². The van der Waals surface area contributed by atoms with Crippen LogP contribution >= 0.6 is 31.9 Å². The van der Waals surface area contributed by atoms with Crippen LogP contribution in [0.4, 0.5) is 0 Å². The second-order valence-corrected chi connectivity index (χ2v) is 6.83. The first-order valence-corrected chi connectivity index (χ1v) is 9.06. The highest BCUT2D eigenvalue weighted by molar-refractivity contribution is 9.13. The summed E-state index contributed by atoms with van der Waals surface area (Å²) in [5.74, 6) is 0.917. The van der Waals surface area contributed by atoms with Crippen molar-refractivity contribution in [2.75, 3.05) is 13.7 Å². The smallest absolute Gasteiger partial charge is 0.284 e. The molecule has 3 rings (SSSR count). The number of phenolic OH excluding ortho intramolecular Hbond substituents is 1. The Bertz CT molecular complexity index is 872. The molecule has 0 radical (unpaired) electrons. The lowest BCUT2D eigenvalue weighted by molar-refractivity contribution is -0.130. The van der Waals surface area contributed by atoms with Crippen molar-refractivity contribution >= 4 is 44.0 Å². The zero-order valence-corrected chi connectivity index (χ0v) is 16.7. The summed E-state index contributed by atoms with van der Waals surface area (Å²) in [6.45, 7) is 0.0979. The monoisotopic (exact) mass is 484 g/mol. The number of nitrogens with one attached hydrogen (secondary N) is 1. The summed E-state index contributed by atoms with van der Waals surface area (Å²) in [7, 11) is 1.44. The van der Waals surface area contributed by atoms with Gasteiger partial charge < -0.3 is 19.3 Å². The summed E-state index contributed by atoms with van der Waals surface area (Å²) in [6.07, 6.45) is 0.623. The van der Waals surface area contributed by atoms with E-state index in [2.05, 4.69) is 42.4 Å². The molecule has 1 amide bonds. The highest BCUT2D eigenvalue weighted by Crippen LogP contribution is 2.41. The fourth-order valence-electron chi connectivity index (χ4n) is 2.25. The number of ether oxygens (including phenoxy) is 3. The predicted octanol–water partition coefficient (Wildman–Crippen LogP) is 3.22. The first-order chi connectivity index (χ1) is 12.5. The fraction of sp³-hybridized carbons (Fsp3) is 0.176. The van der Waals surface area contributed by atoms with Crippen molar-refractivity contribution in [2.24, 2.45) is 5.10 Å². The minimum absolute atomic E-state index is 0.0352. The molecule has 0 bridgehead atoms. The van der Waals surface area contributed by atoms with Gasteiger partial charge in [0.2, 0.25) is 6.10 Å². The fourth-order valence-corrected chi connectivity index (χ4v) is 3.08. The van der Waals surface area contributed by atoms with E-state index >= 15 is 0 Å². The second-order valence-electron chi connectivity index (χ2n) is 5.24. The van der Waals surface area contributed by atoms with E-state index in [0.717, 1.165) is 0 Å². The Balaban J connectivity index is 1.68. The van der Waals surface area contributed by atoms with E-state index in [1.165, 1.54) is 13.3 Å². The molecule has 2 N–H and O–H groups in total. The number of rotatable bonds is 4.